The number of rotatable bonds is 9. The Kier molecular flexibility index (Phi) is 8.38. The Hall–Kier alpha value is -4.54. The van der Waals surface area contributed by atoms with Gasteiger partial charge in [-0.25, -0.2) is 9.59 Å². The summed E-state index contributed by atoms with van der Waals surface area (Å²) in [6, 6.07) is 11.8. The molecule has 0 radical (unpaired) electrons. The van der Waals surface area contributed by atoms with Gasteiger partial charge in [-0.2, -0.15) is 0 Å². The summed E-state index contributed by atoms with van der Waals surface area (Å²) in [4.78, 5) is 48.1. The number of hydrogen-bond acceptors (Lipinski definition) is 9. The third-order valence-electron chi connectivity index (χ3n) is 5.76. The van der Waals surface area contributed by atoms with Crippen molar-refractivity contribution in [3.63, 3.8) is 0 Å². The van der Waals surface area contributed by atoms with Crippen LogP contribution in [0.5, 0.6) is 0 Å². The van der Waals surface area contributed by atoms with Gasteiger partial charge in [0, 0.05) is 41.6 Å². The van der Waals surface area contributed by atoms with Crippen molar-refractivity contribution in [2.24, 2.45) is 0 Å². The van der Waals surface area contributed by atoms with Crippen molar-refractivity contribution in [3.8, 4) is 0 Å². The fourth-order valence-electron chi connectivity index (χ4n) is 4.15. The van der Waals surface area contributed by atoms with Gasteiger partial charge in [-0.1, -0.05) is 30.3 Å². The lowest BCUT2D eigenvalue weighted by molar-refractivity contribution is -0.385. The van der Waals surface area contributed by atoms with Crippen LogP contribution in [0.15, 0.2) is 71.1 Å². The van der Waals surface area contributed by atoms with Crippen molar-refractivity contribution in [1.29, 1.82) is 0 Å². The number of non-ortho nitro benzene ring substituents is 1. The first-order valence-electron chi connectivity index (χ1n) is 11.5. The summed E-state index contributed by atoms with van der Waals surface area (Å²) in [5.41, 5.74) is 1.51. The Bertz CT molecular complexity index is 1300. The molecule has 1 aliphatic heterocycles. The van der Waals surface area contributed by atoms with Gasteiger partial charge in [0.2, 0.25) is 0 Å². The molecule has 0 fully saturated rings. The minimum absolute atomic E-state index is 0.0501. The molecule has 0 aromatic heterocycles. The van der Waals surface area contributed by atoms with Crippen molar-refractivity contribution in [3.05, 3.63) is 102 Å². The molecule has 0 spiro atoms. The molecule has 0 saturated heterocycles. The highest BCUT2D eigenvalue weighted by Crippen LogP contribution is 2.42. The highest BCUT2D eigenvalue weighted by atomic mass is 16.6. The number of nitro groups is 2. The molecular formula is C26H27N3O8. The molecule has 0 bridgehead atoms. The molecule has 11 nitrogen and oxygen atoms in total. The number of dihydropyridines is 1. The number of nitrogens with one attached hydrogen (secondary N) is 1. The van der Waals surface area contributed by atoms with Gasteiger partial charge in [-0.05, 0) is 33.3 Å². The molecule has 3 rings (SSSR count). The Morgan fingerprint density at radius 2 is 1.51 bits per heavy atom. The fourth-order valence-corrected chi connectivity index (χ4v) is 4.15. The molecule has 0 aliphatic carbocycles. The number of allylic oxidation sites excluding steroid dienone is 2. The maximum Gasteiger partial charge on any atom is 0.337 e. The Labute approximate surface area is 213 Å². The normalized spacial score (nSPS) is 15.3. The van der Waals surface area contributed by atoms with E-state index < -0.39 is 33.8 Å². The van der Waals surface area contributed by atoms with E-state index in [9.17, 15) is 29.8 Å². The molecule has 37 heavy (non-hydrogen) atoms. The first kappa shape index (κ1) is 27.1. The molecule has 1 unspecified atom stereocenters. The molecule has 0 saturated carbocycles. The third-order valence-corrected chi connectivity index (χ3v) is 5.76. The molecule has 1 aliphatic rings. The lowest BCUT2D eigenvalue weighted by Gasteiger charge is -2.30. The quantitative estimate of drug-likeness (QED) is 0.293. The van der Waals surface area contributed by atoms with Gasteiger partial charge in [0.25, 0.3) is 11.4 Å². The Morgan fingerprint density at radius 3 is 2.08 bits per heavy atom. The summed E-state index contributed by atoms with van der Waals surface area (Å²) in [7, 11) is 0. The molecule has 2 aromatic carbocycles. The van der Waals surface area contributed by atoms with Crippen LogP contribution in [0.2, 0.25) is 0 Å². The molecule has 0 amide bonds. The SMILES string of the molecule is CC1=C(C(=O)OCCc2ccc([N+](=O)[O-])cc2)C(c2ccccc2[N+](=O)[O-])C(C(=O)OC(C)C)=C(C)N1. The van der Waals surface area contributed by atoms with Gasteiger partial charge in [0.05, 0.1) is 39.6 Å². The third kappa shape index (κ3) is 6.18. The standard InChI is InChI=1S/C26H27N3O8/c1-15(2)37-26(31)23-17(4)27-16(3)22(24(23)20-7-5-6-8-21(20)29(34)35)25(30)36-14-13-18-9-11-19(12-10-18)28(32)33/h5-12,15,24,27H,13-14H2,1-4H3. The van der Waals surface area contributed by atoms with E-state index in [1.165, 1.54) is 30.3 Å². The lowest BCUT2D eigenvalue weighted by Crippen LogP contribution is -2.33. The summed E-state index contributed by atoms with van der Waals surface area (Å²) in [6.45, 7) is 6.57. The van der Waals surface area contributed by atoms with Crippen LogP contribution in [0.1, 0.15) is 44.7 Å². The number of nitro benzene ring substituents is 2. The second kappa shape index (κ2) is 11.5. The van der Waals surface area contributed by atoms with Crippen LogP contribution in [0.4, 0.5) is 11.4 Å². The Morgan fingerprint density at radius 1 is 0.919 bits per heavy atom. The zero-order valence-corrected chi connectivity index (χ0v) is 20.8. The van der Waals surface area contributed by atoms with Gasteiger partial charge in [-0.3, -0.25) is 20.2 Å². The zero-order chi connectivity index (χ0) is 27.3. The minimum atomic E-state index is -1.10. The van der Waals surface area contributed by atoms with Gasteiger partial charge in [-0.15, -0.1) is 0 Å². The molecule has 11 heteroatoms. The van der Waals surface area contributed by atoms with Crippen LogP contribution >= 0.6 is 0 Å². The van der Waals surface area contributed by atoms with E-state index in [0.717, 1.165) is 5.56 Å². The van der Waals surface area contributed by atoms with Crippen LogP contribution in [0.3, 0.4) is 0 Å². The number of ether oxygens (including phenoxy) is 2. The summed E-state index contributed by atoms with van der Waals surface area (Å²) >= 11 is 0. The average molecular weight is 510 g/mol. The number of hydrogen-bond donors (Lipinski definition) is 1. The molecule has 2 aromatic rings. The van der Waals surface area contributed by atoms with E-state index in [1.54, 1.807) is 45.9 Å². The Balaban J connectivity index is 1.95. The van der Waals surface area contributed by atoms with Gasteiger partial charge in [0.1, 0.15) is 0 Å². The topological polar surface area (TPSA) is 151 Å². The maximum atomic E-state index is 13.4. The molecule has 1 atom stereocenters. The number of nitrogens with zero attached hydrogens (tertiary/aromatic N) is 2. The second-order valence-corrected chi connectivity index (χ2v) is 8.71. The van der Waals surface area contributed by atoms with Crippen LogP contribution in [-0.2, 0) is 25.5 Å². The van der Waals surface area contributed by atoms with Crippen molar-refractivity contribution >= 4 is 23.3 Å². The minimum Gasteiger partial charge on any atom is -0.462 e. The number of carbonyl (C=O) groups excluding carboxylic acids is 2. The van der Waals surface area contributed by atoms with Crippen LogP contribution in [0.25, 0.3) is 0 Å². The van der Waals surface area contributed by atoms with E-state index in [2.05, 4.69) is 5.32 Å². The molecular weight excluding hydrogens is 482 g/mol. The predicted molar refractivity (Wildman–Crippen MR) is 133 cm³/mol. The second-order valence-electron chi connectivity index (χ2n) is 8.71. The van der Waals surface area contributed by atoms with E-state index in [1.807, 2.05) is 0 Å². The van der Waals surface area contributed by atoms with Crippen molar-refractivity contribution in [1.82, 2.24) is 5.32 Å². The zero-order valence-electron chi connectivity index (χ0n) is 20.8. The van der Waals surface area contributed by atoms with E-state index >= 15 is 0 Å². The molecule has 1 N–H and O–H groups in total. The summed E-state index contributed by atoms with van der Waals surface area (Å²) < 4.78 is 10.9. The largest absolute Gasteiger partial charge is 0.462 e. The molecule has 1 heterocycles. The number of benzene rings is 2. The van der Waals surface area contributed by atoms with Gasteiger partial charge >= 0.3 is 11.9 Å². The van der Waals surface area contributed by atoms with Crippen LogP contribution < -0.4 is 5.32 Å². The lowest BCUT2D eigenvalue weighted by atomic mass is 9.79. The maximum absolute atomic E-state index is 13.4. The highest BCUT2D eigenvalue weighted by molar-refractivity contribution is 6.00. The highest BCUT2D eigenvalue weighted by Gasteiger charge is 2.41. The monoisotopic (exact) mass is 509 g/mol. The summed E-state index contributed by atoms with van der Waals surface area (Å²) in [6.07, 6.45) is -0.167. The van der Waals surface area contributed by atoms with Gasteiger partial charge in [0.15, 0.2) is 0 Å². The van der Waals surface area contributed by atoms with Gasteiger partial charge < -0.3 is 14.8 Å². The van der Waals surface area contributed by atoms with Crippen LogP contribution in [0, 0.1) is 20.2 Å². The van der Waals surface area contributed by atoms with Crippen molar-refractivity contribution in [2.45, 2.75) is 46.1 Å². The number of esters is 2. The summed E-state index contributed by atoms with van der Waals surface area (Å²) in [5.74, 6) is -2.55. The van der Waals surface area contributed by atoms with Crippen molar-refractivity contribution in [2.75, 3.05) is 6.61 Å². The summed E-state index contributed by atoms with van der Waals surface area (Å²) in [5, 5.41) is 25.7. The van der Waals surface area contributed by atoms with E-state index in [0.29, 0.717) is 11.4 Å². The van der Waals surface area contributed by atoms with Crippen LogP contribution in [-0.4, -0.2) is 34.5 Å². The number of carbonyl (C=O) groups is 2. The van der Waals surface area contributed by atoms with E-state index in [-0.39, 0.29) is 41.1 Å². The smallest absolute Gasteiger partial charge is 0.337 e. The number of para-hydroxylation sites is 1. The predicted octanol–water partition coefficient (Wildman–Crippen LogP) is 4.48. The first-order chi connectivity index (χ1) is 17.5. The first-order valence-corrected chi connectivity index (χ1v) is 11.5. The van der Waals surface area contributed by atoms with E-state index in [4.69, 9.17) is 9.47 Å². The average Bonchev–Trinajstić information content (AvgIpc) is 2.83. The fraction of sp³-hybridized carbons (Fsp3) is 0.308. The molecule has 194 valence electrons. The van der Waals surface area contributed by atoms with Crippen molar-refractivity contribution < 1.29 is 28.9 Å².